The minimum Gasteiger partial charge on any atom is -0.337 e. The molecular weight excluding hydrogens is 395 g/mol. The largest absolute Gasteiger partial charge is 0.337 e. The van der Waals surface area contributed by atoms with Crippen molar-refractivity contribution >= 4 is 17.5 Å². The average molecular weight is 429 g/mol. The Morgan fingerprint density at radius 2 is 1.58 bits per heavy atom. The van der Waals surface area contributed by atoms with Gasteiger partial charge in [0.25, 0.3) is 11.8 Å². The number of likely N-dealkylation sites (N-methyl/N-ethyl adjacent to an activating group) is 1. The second-order valence-electron chi connectivity index (χ2n) is 8.53. The maximum absolute atomic E-state index is 13.0. The SMILES string of the molecule is Cc1cccc(NC(=O)C[NH+]2CC[NH+](CC(=O)N(C)Cc3ccc(F)cc3)CC2)c1C. The minimum absolute atomic E-state index is 0.0299. The topological polar surface area (TPSA) is 58.3 Å². The Kier molecular flexibility index (Phi) is 7.76. The highest BCUT2D eigenvalue weighted by molar-refractivity contribution is 5.92. The first kappa shape index (κ1) is 22.9. The molecule has 0 saturated carbocycles. The van der Waals surface area contributed by atoms with Gasteiger partial charge in [-0.15, -0.1) is 0 Å². The van der Waals surface area contributed by atoms with Crippen molar-refractivity contribution in [3.63, 3.8) is 0 Å². The molecule has 0 unspecified atom stereocenters. The summed E-state index contributed by atoms with van der Waals surface area (Å²) in [6, 6.07) is 12.2. The maximum atomic E-state index is 13.0. The summed E-state index contributed by atoms with van der Waals surface area (Å²) in [5.74, 6) is -0.164. The van der Waals surface area contributed by atoms with Crippen molar-refractivity contribution in [2.24, 2.45) is 0 Å². The second-order valence-corrected chi connectivity index (χ2v) is 8.53. The van der Waals surface area contributed by atoms with E-state index < -0.39 is 0 Å². The van der Waals surface area contributed by atoms with Crippen LogP contribution in [0.1, 0.15) is 16.7 Å². The Morgan fingerprint density at radius 3 is 2.23 bits per heavy atom. The monoisotopic (exact) mass is 428 g/mol. The van der Waals surface area contributed by atoms with Gasteiger partial charge in [0.1, 0.15) is 32.0 Å². The van der Waals surface area contributed by atoms with Crippen LogP contribution < -0.4 is 15.1 Å². The smallest absolute Gasteiger partial charge is 0.279 e. The predicted molar refractivity (Wildman–Crippen MR) is 119 cm³/mol. The zero-order chi connectivity index (χ0) is 22.4. The number of amides is 2. The van der Waals surface area contributed by atoms with E-state index in [1.54, 1.807) is 24.1 Å². The highest BCUT2D eigenvalue weighted by atomic mass is 19.1. The fraction of sp³-hybridized carbons (Fsp3) is 0.417. The van der Waals surface area contributed by atoms with Crippen LogP contribution in [0, 0.1) is 19.7 Å². The molecule has 3 rings (SSSR count). The van der Waals surface area contributed by atoms with Crippen molar-refractivity contribution in [3.05, 3.63) is 65.0 Å². The molecule has 1 aliphatic heterocycles. The van der Waals surface area contributed by atoms with Gasteiger partial charge in [-0.05, 0) is 48.7 Å². The number of halogens is 1. The minimum atomic E-state index is -0.273. The van der Waals surface area contributed by atoms with Crippen molar-refractivity contribution in [1.29, 1.82) is 0 Å². The molecule has 1 aliphatic rings. The molecule has 1 heterocycles. The molecule has 2 amide bonds. The number of quaternary nitrogens is 2. The van der Waals surface area contributed by atoms with E-state index in [0.717, 1.165) is 48.6 Å². The van der Waals surface area contributed by atoms with Crippen LogP contribution in [-0.4, -0.2) is 63.0 Å². The number of hydrogen-bond acceptors (Lipinski definition) is 2. The van der Waals surface area contributed by atoms with E-state index in [4.69, 9.17) is 0 Å². The van der Waals surface area contributed by atoms with Crippen molar-refractivity contribution in [1.82, 2.24) is 4.90 Å². The summed E-state index contributed by atoms with van der Waals surface area (Å²) >= 11 is 0. The molecule has 6 nitrogen and oxygen atoms in total. The number of anilines is 1. The molecule has 3 N–H and O–H groups in total. The Balaban J connectivity index is 1.40. The maximum Gasteiger partial charge on any atom is 0.279 e. The molecule has 0 spiro atoms. The van der Waals surface area contributed by atoms with Gasteiger partial charge in [0.2, 0.25) is 0 Å². The van der Waals surface area contributed by atoms with Crippen LogP contribution in [0.4, 0.5) is 10.1 Å². The molecule has 7 heteroatoms. The van der Waals surface area contributed by atoms with Crippen LogP contribution in [0.25, 0.3) is 0 Å². The summed E-state index contributed by atoms with van der Waals surface area (Å²) in [4.78, 5) is 29.2. The van der Waals surface area contributed by atoms with E-state index >= 15 is 0 Å². The number of benzene rings is 2. The number of aryl methyl sites for hydroxylation is 1. The molecule has 1 fully saturated rings. The van der Waals surface area contributed by atoms with E-state index in [2.05, 4.69) is 5.32 Å². The molecular formula is C24H33FN4O2+2. The molecule has 0 aromatic heterocycles. The number of nitrogens with zero attached hydrogens (tertiary/aromatic N) is 1. The first-order valence-electron chi connectivity index (χ1n) is 10.8. The van der Waals surface area contributed by atoms with Crippen LogP contribution in [0.5, 0.6) is 0 Å². The van der Waals surface area contributed by atoms with E-state index in [0.29, 0.717) is 19.6 Å². The van der Waals surface area contributed by atoms with Crippen LogP contribution >= 0.6 is 0 Å². The molecule has 2 aromatic rings. The van der Waals surface area contributed by atoms with Gasteiger partial charge < -0.3 is 20.0 Å². The van der Waals surface area contributed by atoms with Gasteiger partial charge in [0.05, 0.1) is 0 Å². The molecule has 1 saturated heterocycles. The summed E-state index contributed by atoms with van der Waals surface area (Å²) < 4.78 is 13.0. The molecule has 31 heavy (non-hydrogen) atoms. The van der Waals surface area contributed by atoms with Gasteiger partial charge >= 0.3 is 0 Å². The summed E-state index contributed by atoms with van der Waals surface area (Å²) in [5.41, 5.74) is 4.06. The standard InChI is InChI=1S/C24H31FN4O2/c1-18-5-4-6-22(19(18)2)26-23(30)16-28-11-13-29(14-12-28)17-24(31)27(3)15-20-7-9-21(25)10-8-20/h4-10H,11-17H2,1-3H3,(H,26,30)/p+2. The number of carbonyl (C=O) groups excluding carboxylic acids is 2. The lowest BCUT2D eigenvalue weighted by atomic mass is 10.1. The van der Waals surface area contributed by atoms with Gasteiger partial charge in [-0.25, -0.2) is 4.39 Å². The van der Waals surface area contributed by atoms with Crippen LogP contribution in [0.15, 0.2) is 42.5 Å². The molecule has 166 valence electrons. The highest BCUT2D eigenvalue weighted by Gasteiger charge is 2.27. The third-order valence-electron chi connectivity index (χ3n) is 6.11. The number of piperazine rings is 1. The number of nitrogens with one attached hydrogen (secondary N) is 3. The van der Waals surface area contributed by atoms with Gasteiger partial charge in [-0.3, -0.25) is 9.59 Å². The summed E-state index contributed by atoms with van der Waals surface area (Å²) in [5, 5.41) is 3.03. The summed E-state index contributed by atoms with van der Waals surface area (Å²) in [6.45, 7) is 8.88. The van der Waals surface area contributed by atoms with E-state index in [1.807, 2.05) is 32.0 Å². The number of rotatable bonds is 7. The van der Waals surface area contributed by atoms with Gasteiger partial charge in [0, 0.05) is 19.3 Å². The highest BCUT2D eigenvalue weighted by Crippen LogP contribution is 2.17. The van der Waals surface area contributed by atoms with Crippen LogP contribution in [0.2, 0.25) is 0 Å². The predicted octanol–water partition coefficient (Wildman–Crippen LogP) is -0.177. The zero-order valence-electron chi connectivity index (χ0n) is 18.6. The third-order valence-corrected chi connectivity index (χ3v) is 6.11. The third kappa shape index (κ3) is 6.60. The van der Waals surface area contributed by atoms with Gasteiger partial charge in [0.15, 0.2) is 13.1 Å². The quantitative estimate of drug-likeness (QED) is 0.573. The second kappa shape index (κ2) is 10.5. The average Bonchev–Trinajstić information content (AvgIpc) is 2.74. The lowest BCUT2D eigenvalue weighted by molar-refractivity contribution is -1.00. The fourth-order valence-corrected chi connectivity index (χ4v) is 3.92. The Morgan fingerprint density at radius 1 is 0.968 bits per heavy atom. The number of carbonyl (C=O) groups is 2. The lowest BCUT2D eigenvalue weighted by Gasteiger charge is -2.30. The Labute approximate surface area is 183 Å². The van der Waals surface area contributed by atoms with Crippen molar-refractivity contribution in [2.45, 2.75) is 20.4 Å². The van der Waals surface area contributed by atoms with Crippen molar-refractivity contribution in [2.75, 3.05) is 51.6 Å². The van der Waals surface area contributed by atoms with E-state index in [-0.39, 0.29) is 17.6 Å². The van der Waals surface area contributed by atoms with Gasteiger partial charge in [-0.2, -0.15) is 0 Å². The number of hydrogen-bond donors (Lipinski definition) is 3. The Hall–Kier alpha value is -2.77. The first-order chi connectivity index (χ1) is 14.8. The molecule has 0 aliphatic carbocycles. The molecule has 0 bridgehead atoms. The fourth-order valence-electron chi connectivity index (χ4n) is 3.92. The normalized spacial score (nSPS) is 18.5. The summed E-state index contributed by atoms with van der Waals surface area (Å²) in [7, 11) is 1.78. The van der Waals surface area contributed by atoms with Crippen molar-refractivity contribution < 1.29 is 23.8 Å². The Bertz CT molecular complexity index is 908. The molecule has 0 atom stereocenters. The van der Waals surface area contributed by atoms with E-state index in [1.165, 1.54) is 21.9 Å². The first-order valence-corrected chi connectivity index (χ1v) is 10.8. The van der Waals surface area contributed by atoms with Crippen LogP contribution in [-0.2, 0) is 16.1 Å². The van der Waals surface area contributed by atoms with E-state index in [9.17, 15) is 14.0 Å². The summed E-state index contributed by atoms with van der Waals surface area (Å²) in [6.07, 6.45) is 0. The van der Waals surface area contributed by atoms with Crippen LogP contribution in [0.3, 0.4) is 0 Å². The van der Waals surface area contributed by atoms with Gasteiger partial charge in [-0.1, -0.05) is 24.3 Å². The van der Waals surface area contributed by atoms with Crippen molar-refractivity contribution in [3.8, 4) is 0 Å². The molecule has 2 aromatic carbocycles. The lowest BCUT2D eigenvalue weighted by Crippen LogP contribution is -3.28. The zero-order valence-corrected chi connectivity index (χ0v) is 18.6. The molecule has 0 radical (unpaired) electrons.